The van der Waals surface area contributed by atoms with E-state index >= 15 is 0 Å². The van der Waals surface area contributed by atoms with Gasteiger partial charge in [0, 0.05) is 6.54 Å². The van der Waals surface area contributed by atoms with Crippen molar-refractivity contribution in [1.29, 1.82) is 0 Å². The van der Waals surface area contributed by atoms with E-state index in [1.165, 1.54) is 0 Å². The monoisotopic (exact) mass is 270 g/mol. The van der Waals surface area contributed by atoms with Crippen LogP contribution in [0.4, 0.5) is 0 Å². The van der Waals surface area contributed by atoms with Crippen molar-refractivity contribution in [2.45, 2.75) is 33.7 Å². The Labute approximate surface area is 116 Å². The third-order valence-electron chi connectivity index (χ3n) is 2.51. The third kappa shape index (κ3) is 5.52. The second kappa shape index (κ2) is 6.76. The molecule has 102 valence electrons. The van der Waals surface area contributed by atoms with Crippen LogP contribution in [-0.4, -0.2) is 12.5 Å². The molecule has 1 amide bonds. The van der Waals surface area contributed by atoms with Crippen LogP contribution in [0.1, 0.15) is 37.9 Å². The maximum absolute atomic E-state index is 11.8. The van der Waals surface area contributed by atoms with Crippen molar-refractivity contribution in [3.63, 3.8) is 0 Å². The van der Waals surface area contributed by atoms with Gasteiger partial charge in [-0.15, -0.1) is 12.4 Å². The molecule has 3 nitrogen and oxygen atoms in total. The van der Waals surface area contributed by atoms with Gasteiger partial charge >= 0.3 is 0 Å². The minimum atomic E-state index is -0.585. The zero-order valence-electron chi connectivity index (χ0n) is 11.5. The molecule has 3 N–H and O–H groups in total. The van der Waals surface area contributed by atoms with Gasteiger partial charge < -0.3 is 11.1 Å². The van der Waals surface area contributed by atoms with Crippen LogP contribution >= 0.6 is 12.4 Å². The predicted molar refractivity (Wildman–Crippen MR) is 77.8 cm³/mol. The molecule has 1 unspecified atom stereocenters. The Morgan fingerprint density at radius 2 is 1.78 bits per heavy atom. The molecule has 0 bridgehead atoms. The highest BCUT2D eigenvalue weighted by Gasteiger charge is 2.18. The normalized spacial score (nSPS) is 12.5. The Hall–Kier alpha value is -1.06. The molecule has 1 aromatic carbocycles. The summed E-state index contributed by atoms with van der Waals surface area (Å²) >= 11 is 0. The first kappa shape index (κ1) is 16.9. The highest BCUT2D eigenvalue weighted by molar-refractivity contribution is 5.85. The molecule has 0 aliphatic rings. The van der Waals surface area contributed by atoms with Crippen LogP contribution in [0.2, 0.25) is 0 Å². The van der Waals surface area contributed by atoms with Gasteiger partial charge in [0.05, 0.1) is 0 Å². The number of aryl methyl sites for hydroxylation is 1. The van der Waals surface area contributed by atoms with Gasteiger partial charge in [-0.05, 0) is 17.9 Å². The molecule has 0 saturated carbocycles. The zero-order valence-corrected chi connectivity index (χ0v) is 12.3. The Balaban J connectivity index is 0.00000289. The molecule has 4 heteroatoms. The van der Waals surface area contributed by atoms with Crippen molar-refractivity contribution < 1.29 is 4.79 Å². The van der Waals surface area contributed by atoms with Crippen molar-refractivity contribution >= 4 is 18.3 Å². The summed E-state index contributed by atoms with van der Waals surface area (Å²) in [5, 5.41) is 2.87. The quantitative estimate of drug-likeness (QED) is 0.887. The van der Waals surface area contributed by atoms with Crippen molar-refractivity contribution in [1.82, 2.24) is 5.32 Å². The van der Waals surface area contributed by atoms with E-state index in [4.69, 9.17) is 5.73 Å². The van der Waals surface area contributed by atoms with Gasteiger partial charge in [0.15, 0.2) is 0 Å². The molecule has 0 aliphatic heterocycles. The summed E-state index contributed by atoms with van der Waals surface area (Å²) in [5.74, 6) is -0.122. The van der Waals surface area contributed by atoms with Crippen LogP contribution in [0.25, 0.3) is 0 Å². The summed E-state index contributed by atoms with van der Waals surface area (Å²) in [5.41, 5.74) is 7.99. The number of benzene rings is 1. The van der Waals surface area contributed by atoms with E-state index in [1.807, 2.05) is 31.2 Å². The van der Waals surface area contributed by atoms with E-state index < -0.39 is 6.04 Å². The Morgan fingerprint density at radius 1 is 1.28 bits per heavy atom. The highest BCUT2D eigenvalue weighted by atomic mass is 35.5. The first-order valence-corrected chi connectivity index (χ1v) is 5.89. The number of carbonyl (C=O) groups is 1. The topological polar surface area (TPSA) is 55.1 Å². The molecule has 1 rings (SSSR count). The van der Waals surface area contributed by atoms with Crippen LogP contribution < -0.4 is 11.1 Å². The number of nitrogens with one attached hydrogen (secondary N) is 1. The smallest absolute Gasteiger partial charge is 0.241 e. The number of nitrogens with two attached hydrogens (primary N) is 1. The van der Waals surface area contributed by atoms with Gasteiger partial charge in [0.1, 0.15) is 6.04 Å². The molecule has 0 radical (unpaired) electrons. The molecule has 0 aliphatic carbocycles. The van der Waals surface area contributed by atoms with E-state index in [0.29, 0.717) is 6.54 Å². The minimum absolute atomic E-state index is 0. The molecule has 0 saturated heterocycles. The van der Waals surface area contributed by atoms with Crippen molar-refractivity contribution in [3.8, 4) is 0 Å². The minimum Gasteiger partial charge on any atom is -0.354 e. The van der Waals surface area contributed by atoms with E-state index in [-0.39, 0.29) is 23.7 Å². The molecule has 1 atom stereocenters. The SMILES string of the molecule is Cc1ccc(C(N)C(=O)NCC(C)(C)C)cc1.Cl. The number of rotatable bonds is 3. The lowest BCUT2D eigenvalue weighted by atomic mass is 9.96. The first-order valence-electron chi connectivity index (χ1n) is 5.89. The molecular weight excluding hydrogens is 248 g/mol. The lowest BCUT2D eigenvalue weighted by molar-refractivity contribution is -0.122. The van der Waals surface area contributed by atoms with E-state index in [1.54, 1.807) is 0 Å². The van der Waals surface area contributed by atoms with Gasteiger partial charge in [0.25, 0.3) is 0 Å². The number of hydrogen-bond donors (Lipinski definition) is 2. The lowest BCUT2D eigenvalue weighted by Crippen LogP contribution is -2.38. The lowest BCUT2D eigenvalue weighted by Gasteiger charge is -2.20. The standard InChI is InChI=1S/C14H22N2O.ClH/c1-10-5-7-11(8-6-10)12(15)13(17)16-9-14(2,3)4;/h5-8,12H,9,15H2,1-4H3,(H,16,17);1H. The van der Waals surface area contributed by atoms with E-state index in [9.17, 15) is 4.79 Å². The fraction of sp³-hybridized carbons (Fsp3) is 0.500. The maximum Gasteiger partial charge on any atom is 0.241 e. The van der Waals surface area contributed by atoms with Crippen LogP contribution in [0.15, 0.2) is 24.3 Å². The second-order valence-corrected chi connectivity index (χ2v) is 5.67. The van der Waals surface area contributed by atoms with Crippen molar-refractivity contribution in [3.05, 3.63) is 35.4 Å². The van der Waals surface area contributed by atoms with Gasteiger partial charge in [-0.25, -0.2) is 0 Å². The Kier molecular flexibility index (Phi) is 6.36. The molecule has 18 heavy (non-hydrogen) atoms. The van der Waals surface area contributed by atoms with Gasteiger partial charge in [-0.2, -0.15) is 0 Å². The highest BCUT2D eigenvalue weighted by Crippen LogP contribution is 2.14. The largest absolute Gasteiger partial charge is 0.354 e. The number of hydrogen-bond acceptors (Lipinski definition) is 2. The van der Waals surface area contributed by atoms with Gasteiger partial charge in [-0.1, -0.05) is 50.6 Å². The molecular formula is C14H23ClN2O. The van der Waals surface area contributed by atoms with Crippen LogP contribution in [-0.2, 0) is 4.79 Å². The zero-order chi connectivity index (χ0) is 13.1. The van der Waals surface area contributed by atoms with Gasteiger partial charge in [0.2, 0.25) is 5.91 Å². The number of carbonyl (C=O) groups excluding carboxylic acids is 1. The summed E-state index contributed by atoms with van der Waals surface area (Å²) in [6.07, 6.45) is 0. The van der Waals surface area contributed by atoms with Crippen LogP contribution in [0.5, 0.6) is 0 Å². The number of amides is 1. The Bertz CT molecular complexity index is 382. The van der Waals surface area contributed by atoms with Crippen molar-refractivity contribution in [2.24, 2.45) is 11.1 Å². The molecule has 0 fully saturated rings. The first-order chi connectivity index (χ1) is 7.79. The molecule has 0 heterocycles. The van der Waals surface area contributed by atoms with Crippen molar-refractivity contribution in [2.75, 3.05) is 6.54 Å². The average Bonchev–Trinajstić information content (AvgIpc) is 2.25. The summed E-state index contributed by atoms with van der Waals surface area (Å²) in [7, 11) is 0. The van der Waals surface area contributed by atoms with Gasteiger partial charge in [-0.3, -0.25) is 4.79 Å². The van der Waals surface area contributed by atoms with Crippen LogP contribution in [0, 0.1) is 12.3 Å². The van der Waals surface area contributed by atoms with E-state index in [2.05, 4.69) is 26.1 Å². The summed E-state index contributed by atoms with van der Waals surface area (Å²) in [4.78, 5) is 11.8. The molecule has 1 aromatic rings. The molecule has 0 spiro atoms. The fourth-order valence-corrected chi connectivity index (χ4v) is 1.39. The summed E-state index contributed by atoms with van der Waals surface area (Å²) in [6, 6.07) is 7.14. The fourth-order valence-electron chi connectivity index (χ4n) is 1.39. The molecule has 0 aromatic heterocycles. The average molecular weight is 271 g/mol. The van der Waals surface area contributed by atoms with E-state index in [0.717, 1.165) is 11.1 Å². The Morgan fingerprint density at radius 3 is 2.22 bits per heavy atom. The summed E-state index contributed by atoms with van der Waals surface area (Å²) < 4.78 is 0. The second-order valence-electron chi connectivity index (χ2n) is 5.67. The van der Waals surface area contributed by atoms with Crippen LogP contribution in [0.3, 0.4) is 0 Å². The number of halogens is 1. The predicted octanol–water partition coefficient (Wildman–Crippen LogP) is 2.58. The summed E-state index contributed by atoms with van der Waals surface area (Å²) in [6.45, 7) is 8.86. The third-order valence-corrected chi connectivity index (χ3v) is 2.51. The maximum atomic E-state index is 11.8.